The summed E-state index contributed by atoms with van der Waals surface area (Å²) < 4.78 is 0. The van der Waals surface area contributed by atoms with Crippen LogP contribution in [0.4, 0.5) is 17.6 Å². The molecule has 1 atom stereocenters. The first-order valence-corrected chi connectivity index (χ1v) is 8.85. The van der Waals surface area contributed by atoms with Crippen molar-refractivity contribution in [2.75, 3.05) is 42.4 Å². The summed E-state index contributed by atoms with van der Waals surface area (Å²) in [7, 11) is 6.09. The Labute approximate surface area is 150 Å². The highest BCUT2D eigenvalue weighted by atomic mass is 15.4. The number of para-hydroxylation sites is 1. The maximum absolute atomic E-state index is 4.79. The SMILES string of the molecule is CC(C)c1nc(N(C)C)nc(N2Cc3ccccc3N(C)CC2C)n1. The molecule has 1 aliphatic rings. The lowest BCUT2D eigenvalue weighted by Crippen LogP contribution is -2.39. The highest BCUT2D eigenvalue weighted by Gasteiger charge is 2.26. The molecule has 0 saturated heterocycles. The summed E-state index contributed by atoms with van der Waals surface area (Å²) in [5.74, 6) is 2.58. The zero-order valence-electron chi connectivity index (χ0n) is 16.1. The van der Waals surface area contributed by atoms with Crippen molar-refractivity contribution >= 4 is 17.6 Å². The Bertz CT molecular complexity index is 716. The van der Waals surface area contributed by atoms with Gasteiger partial charge in [0.25, 0.3) is 0 Å². The lowest BCUT2D eigenvalue weighted by Gasteiger charge is -2.29. The maximum Gasteiger partial charge on any atom is 0.231 e. The number of benzene rings is 1. The van der Waals surface area contributed by atoms with Crippen LogP contribution in [0.2, 0.25) is 0 Å². The van der Waals surface area contributed by atoms with Gasteiger partial charge in [0.15, 0.2) is 0 Å². The number of anilines is 3. The molecular formula is C19H28N6. The van der Waals surface area contributed by atoms with Gasteiger partial charge in [-0.25, -0.2) is 0 Å². The largest absolute Gasteiger partial charge is 0.372 e. The number of fused-ring (bicyclic) bond motifs is 1. The van der Waals surface area contributed by atoms with Crippen LogP contribution in [0.3, 0.4) is 0 Å². The van der Waals surface area contributed by atoms with Gasteiger partial charge in [0.05, 0.1) is 0 Å². The molecule has 0 bridgehead atoms. The zero-order valence-corrected chi connectivity index (χ0v) is 16.1. The van der Waals surface area contributed by atoms with Crippen molar-refractivity contribution in [2.45, 2.75) is 39.3 Å². The van der Waals surface area contributed by atoms with Crippen LogP contribution in [0.1, 0.15) is 38.1 Å². The smallest absolute Gasteiger partial charge is 0.231 e. The second kappa shape index (κ2) is 6.86. The molecule has 1 aliphatic heterocycles. The van der Waals surface area contributed by atoms with E-state index in [0.29, 0.717) is 12.0 Å². The molecule has 1 unspecified atom stereocenters. The molecule has 134 valence electrons. The predicted octanol–water partition coefficient (Wildman–Crippen LogP) is 2.91. The fourth-order valence-corrected chi connectivity index (χ4v) is 3.17. The number of nitrogens with zero attached hydrogens (tertiary/aromatic N) is 6. The van der Waals surface area contributed by atoms with Gasteiger partial charge in [-0.2, -0.15) is 15.0 Å². The van der Waals surface area contributed by atoms with Gasteiger partial charge in [0.2, 0.25) is 11.9 Å². The molecular weight excluding hydrogens is 312 g/mol. The van der Waals surface area contributed by atoms with Gasteiger partial charge in [-0.1, -0.05) is 32.0 Å². The van der Waals surface area contributed by atoms with Crippen LogP contribution in [0, 0.1) is 0 Å². The Balaban J connectivity index is 2.05. The lowest BCUT2D eigenvalue weighted by molar-refractivity contribution is 0.618. The van der Waals surface area contributed by atoms with Gasteiger partial charge >= 0.3 is 0 Å². The molecule has 6 heteroatoms. The molecule has 0 fully saturated rings. The molecule has 0 aliphatic carbocycles. The van der Waals surface area contributed by atoms with E-state index in [1.807, 2.05) is 19.0 Å². The van der Waals surface area contributed by atoms with Crippen LogP contribution < -0.4 is 14.7 Å². The molecule has 0 N–H and O–H groups in total. The minimum atomic E-state index is 0.262. The van der Waals surface area contributed by atoms with Crippen molar-refractivity contribution in [2.24, 2.45) is 0 Å². The van der Waals surface area contributed by atoms with Crippen molar-refractivity contribution in [3.05, 3.63) is 35.7 Å². The van der Waals surface area contributed by atoms with Crippen molar-refractivity contribution in [1.82, 2.24) is 15.0 Å². The van der Waals surface area contributed by atoms with E-state index in [1.54, 1.807) is 0 Å². The van der Waals surface area contributed by atoms with E-state index >= 15 is 0 Å². The fourth-order valence-electron chi connectivity index (χ4n) is 3.17. The maximum atomic E-state index is 4.79. The van der Waals surface area contributed by atoms with Crippen molar-refractivity contribution in [1.29, 1.82) is 0 Å². The first-order valence-electron chi connectivity index (χ1n) is 8.85. The monoisotopic (exact) mass is 340 g/mol. The van der Waals surface area contributed by atoms with Gasteiger partial charge in [0.1, 0.15) is 5.82 Å². The predicted molar refractivity (Wildman–Crippen MR) is 104 cm³/mol. The molecule has 2 aromatic rings. The Morgan fingerprint density at radius 1 is 1.12 bits per heavy atom. The topological polar surface area (TPSA) is 48.4 Å². The summed E-state index contributed by atoms with van der Waals surface area (Å²) in [5.41, 5.74) is 2.58. The molecule has 0 spiro atoms. The van der Waals surface area contributed by atoms with E-state index in [-0.39, 0.29) is 5.92 Å². The van der Waals surface area contributed by atoms with Gasteiger partial charge in [0, 0.05) is 51.9 Å². The minimum Gasteiger partial charge on any atom is -0.372 e. The third kappa shape index (κ3) is 3.52. The molecule has 2 heterocycles. The quantitative estimate of drug-likeness (QED) is 0.856. The number of hydrogen-bond donors (Lipinski definition) is 0. The van der Waals surface area contributed by atoms with Gasteiger partial charge in [-0.15, -0.1) is 0 Å². The number of rotatable bonds is 3. The van der Waals surface area contributed by atoms with Crippen LogP contribution in [-0.4, -0.2) is 48.7 Å². The third-order valence-electron chi connectivity index (χ3n) is 4.62. The average Bonchev–Trinajstić information content (AvgIpc) is 2.71. The highest BCUT2D eigenvalue weighted by molar-refractivity contribution is 5.57. The third-order valence-corrected chi connectivity index (χ3v) is 4.62. The van der Waals surface area contributed by atoms with Crippen molar-refractivity contribution in [3.8, 4) is 0 Å². The number of hydrogen-bond acceptors (Lipinski definition) is 6. The van der Waals surface area contributed by atoms with Crippen molar-refractivity contribution in [3.63, 3.8) is 0 Å². The lowest BCUT2D eigenvalue weighted by atomic mass is 10.1. The van der Waals surface area contributed by atoms with Gasteiger partial charge in [-0.05, 0) is 18.6 Å². The number of aromatic nitrogens is 3. The van der Waals surface area contributed by atoms with Gasteiger partial charge in [-0.3, -0.25) is 0 Å². The minimum absolute atomic E-state index is 0.262. The van der Waals surface area contributed by atoms with Crippen LogP contribution in [0.15, 0.2) is 24.3 Å². The second-order valence-electron chi connectivity index (χ2n) is 7.33. The summed E-state index contributed by atoms with van der Waals surface area (Å²) in [4.78, 5) is 20.7. The fraction of sp³-hybridized carbons (Fsp3) is 0.526. The molecule has 0 radical (unpaired) electrons. The van der Waals surface area contributed by atoms with Crippen LogP contribution in [-0.2, 0) is 6.54 Å². The van der Waals surface area contributed by atoms with E-state index < -0.39 is 0 Å². The number of likely N-dealkylation sites (N-methyl/N-ethyl adjacent to an activating group) is 1. The molecule has 1 aromatic carbocycles. The Kier molecular flexibility index (Phi) is 4.79. The first kappa shape index (κ1) is 17.5. The van der Waals surface area contributed by atoms with E-state index in [2.05, 4.69) is 66.9 Å². The molecule has 3 rings (SSSR count). The van der Waals surface area contributed by atoms with Crippen molar-refractivity contribution < 1.29 is 0 Å². The Hall–Kier alpha value is -2.37. The molecule has 0 amide bonds. The van der Waals surface area contributed by atoms with Crippen LogP contribution in [0.5, 0.6) is 0 Å². The summed E-state index contributed by atoms with van der Waals surface area (Å²) in [6.07, 6.45) is 0. The summed E-state index contributed by atoms with van der Waals surface area (Å²) in [6, 6.07) is 8.87. The van der Waals surface area contributed by atoms with Gasteiger partial charge < -0.3 is 14.7 Å². The van der Waals surface area contributed by atoms with E-state index in [9.17, 15) is 0 Å². The van der Waals surface area contributed by atoms with Crippen LogP contribution in [0.25, 0.3) is 0 Å². The molecule has 6 nitrogen and oxygen atoms in total. The first-order chi connectivity index (χ1) is 11.9. The summed E-state index contributed by atoms with van der Waals surface area (Å²) in [6.45, 7) is 8.20. The van der Waals surface area contributed by atoms with E-state index in [0.717, 1.165) is 24.9 Å². The highest BCUT2D eigenvalue weighted by Crippen LogP contribution is 2.29. The Morgan fingerprint density at radius 3 is 2.52 bits per heavy atom. The zero-order chi connectivity index (χ0) is 18.1. The van der Waals surface area contributed by atoms with Crippen LogP contribution >= 0.6 is 0 Å². The molecule has 1 aromatic heterocycles. The van der Waals surface area contributed by atoms with E-state index in [1.165, 1.54) is 11.3 Å². The van der Waals surface area contributed by atoms with E-state index in [4.69, 9.17) is 9.97 Å². The second-order valence-corrected chi connectivity index (χ2v) is 7.33. The standard InChI is InChI=1S/C19H28N6/c1-13(2)17-20-18(23(4)5)22-19(21-17)25-12-15-9-7-8-10-16(15)24(6)11-14(25)3/h7-10,13-14H,11-12H2,1-6H3. The average molecular weight is 340 g/mol. The molecule has 25 heavy (non-hydrogen) atoms. The Morgan fingerprint density at radius 2 is 1.84 bits per heavy atom. The summed E-state index contributed by atoms with van der Waals surface area (Å²) >= 11 is 0. The normalized spacial score (nSPS) is 17.5. The summed E-state index contributed by atoms with van der Waals surface area (Å²) in [5, 5.41) is 0. The molecule has 0 saturated carbocycles.